The van der Waals surface area contributed by atoms with Crippen LogP contribution in [0.2, 0.25) is 0 Å². The van der Waals surface area contributed by atoms with Crippen LogP contribution in [0, 0.1) is 5.92 Å². The molecular formula is C10H23NO2S. The van der Waals surface area contributed by atoms with Crippen LogP contribution >= 0.6 is 0 Å². The molecule has 14 heavy (non-hydrogen) atoms. The molecule has 2 N–H and O–H groups in total. The summed E-state index contributed by atoms with van der Waals surface area (Å²) in [6.45, 7) is 5.87. The summed E-state index contributed by atoms with van der Waals surface area (Å²) < 4.78 is 22.9. The Kier molecular flexibility index (Phi) is 6.36. The number of rotatable bonds is 7. The van der Waals surface area contributed by atoms with Crippen molar-refractivity contribution in [3.05, 3.63) is 0 Å². The molecule has 1 atom stereocenters. The van der Waals surface area contributed by atoms with Crippen LogP contribution in [0.5, 0.6) is 0 Å². The van der Waals surface area contributed by atoms with E-state index in [1.165, 1.54) is 0 Å². The van der Waals surface area contributed by atoms with Gasteiger partial charge in [0.2, 0.25) is 0 Å². The Hall–Kier alpha value is -0.0900. The second kappa shape index (κ2) is 6.40. The van der Waals surface area contributed by atoms with E-state index in [-0.39, 0.29) is 12.0 Å². The maximum atomic E-state index is 11.5. The Bertz CT molecular complexity index is 235. The lowest BCUT2D eigenvalue weighted by Crippen LogP contribution is -2.21. The van der Waals surface area contributed by atoms with Crippen LogP contribution in [0.3, 0.4) is 0 Å². The number of hydrogen-bond donors (Lipinski definition) is 1. The minimum Gasteiger partial charge on any atom is -0.328 e. The van der Waals surface area contributed by atoms with Crippen molar-refractivity contribution in [2.45, 2.75) is 46.1 Å². The van der Waals surface area contributed by atoms with E-state index in [2.05, 4.69) is 0 Å². The van der Waals surface area contributed by atoms with Crippen LogP contribution in [0.25, 0.3) is 0 Å². The van der Waals surface area contributed by atoms with Crippen molar-refractivity contribution < 1.29 is 8.42 Å². The molecule has 86 valence electrons. The molecular weight excluding hydrogens is 198 g/mol. The van der Waals surface area contributed by atoms with Crippen molar-refractivity contribution in [2.24, 2.45) is 11.7 Å². The van der Waals surface area contributed by atoms with Crippen LogP contribution < -0.4 is 5.73 Å². The number of hydrogen-bond acceptors (Lipinski definition) is 3. The second-order valence-electron chi connectivity index (χ2n) is 4.32. The molecule has 0 aliphatic carbocycles. The molecule has 0 saturated heterocycles. The normalized spacial score (nSPS) is 14.6. The average Bonchev–Trinajstić information content (AvgIpc) is 2.01. The molecule has 0 radical (unpaired) electrons. The summed E-state index contributed by atoms with van der Waals surface area (Å²) in [4.78, 5) is 0. The maximum Gasteiger partial charge on any atom is 0.150 e. The third-order valence-electron chi connectivity index (χ3n) is 2.14. The van der Waals surface area contributed by atoms with Crippen LogP contribution in [-0.2, 0) is 9.84 Å². The monoisotopic (exact) mass is 221 g/mol. The average molecular weight is 221 g/mol. The molecule has 0 amide bonds. The third-order valence-corrected chi connectivity index (χ3v) is 4.23. The minimum atomic E-state index is -2.84. The van der Waals surface area contributed by atoms with Gasteiger partial charge in [-0.05, 0) is 25.2 Å². The first-order chi connectivity index (χ1) is 6.37. The molecule has 0 heterocycles. The predicted octanol–water partition coefficient (Wildman–Crippen LogP) is 1.57. The van der Waals surface area contributed by atoms with Gasteiger partial charge in [-0.15, -0.1) is 0 Å². The van der Waals surface area contributed by atoms with Crippen LogP contribution in [-0.4, -0.2) is 26.0 Å². The van der Waals surface area contributed by atoms with E-state index in [0.717, 1.165) is 12.8 Å². The van der Waals surface area contributed by atoms with Gasteiger partial charge in [-0.25, -0.2) is 8.42 Å². The maximum absolute atomic E-state index is 11.5. The highest BCUT2D eigenvalue weighted by Crippen LogP contribution is 2.05. The molecule has 0 aliphatic heterocycles. The highest BCUT2D eigenvalue weighted by molar-refractivity contribution is 7.91. The van der Waals surface area contributed by atoms with Crippen LogP contribution in [0.1, 0.15) is 40.0 Å². The SMILES string of the molecule is CCC(N)CCCS(=O)(=O)CC(C)C. The van der Waals surface area contributed by atoms with Gasteiger partial charge in [-0.3, -0.25) is 0 Å². The standard InChI is InChI=1S/C10H23NO2S/c1-4-10(11)6-5-7-14(12,13)8-9(2)3/h9-10H,4-8,11H2,1-3H3. The molecule has 0 aliphatic rings. The molecule has 4 heteroatoms. The van der Waals surface area contributed by atoms with E-state index < -0.39 is 9.84 Å². The van der Waals surface area contributed by atoms with Crippen molar-refractivity contribution in [3.63, 3.8) is 0 Å². The van der Waals surface area contributed by atoms with E-state index in [1.54, 1.807) is 0 Å². The summed E-state index contributed by atoms with van der Waals surface area (Å²) in [6.07, 6.45) is 2.43. The molecule has 0 saturated carbocycles. The van der Waals surface area contributed by atoms with Gasteiger partial charge in [-0.2, -0.15) is 0 Å². The van der Waals surface area contributed by atoms with E-state index in [9.17, 15) is 8.42 Å². The van der Waals surface area contributed by atoms with E-state index in [1.807, 2.05) is 20.8 Å². The number of nitrogens with two attached hydrogens (primary N) is 1. The molecule has 1 unspecified atom stereocenters. The van der Waals surface area contributed by atoms with E-state index in [0.29, 0.717) is 17.9 Å². The van der Waals surface area contributed by atoms with Crippen molar-refractivity contribution in [2.75, 3.05) is 11.5 Å². The first kappa shape index (κ1) is 13.9. The second-order valence-corrected chi connectivity index (χ2v) is 6.55. The lowest BCUT2D eigenvalue weighted by atomic mass is 10.1. The first-order valence-corrected chi connectivity index (χ1v) is 7.15. The fraction of sp³-hybridized carbons (Fsp3) is 1.00. The molecule has 0 aromatic heterocycles. The molecule has 0 aromatic rings. The molecule has 0 aromatic carbocycles. The summed E-state index contributed by atoms with van der Waals surface area (Å²) in [7, 11) is -2.84. The fourth-order valence-corrected chi connectivity index (χ4v) is 3.15. The van der Waals surface area contributed by atoms with Gasteiger partial charge >= 0.3 is 0 Å². The summed E-state index contributed by atoms with van der Waals surface area (Å²) in [6, 6.07) is 0.157. The van der Waals surface area contributed by atoms with Crippen molar-refractivity contribution in [3.8, 4) is 0 Å². The Morgan fingerprint density at radius 3 is 2.29 bits per heavy atom. The Morgan fingerprint density at radius 2 is 1.86 bits per heavy atom. The molecule has 0 bridgehead atoms. The van der Waals surface area contributed by atoms with Gasteiger partial charge in [0.15, 0.2) is 9.84 Å². The summed E-state index contributed by atoms with van der Waals surface area (Å²) in [5.41, 5.74) is 5.71. The topological polar surface area (TPSA) is 60.2 Å². The fourth-order valence-electron chi connectivity index (χ4n) is 1.36. The first-order valence-electron chi connectivity index (χ1n) is 5.33. The van der Waals surface area contributed by atoms with E-state index >= 15 is 0 Å². The van der Waals surface area contributed by atoms with Gasteiger partial charge in [0.05, 0.1) is 11.5 Å². The molecule has 0 fully saturated rings. The Labute approximate surface area is 88.0 Å². The summed E-state index contributed by atoms with van der Waals surface area (Å²) in [5, 5.41) is 0. The summed E-state index contributed by atoms with van der Waals surface area (Å²) in [5.74, 6) is 0.813. The minimum absolute atomic E-state index is 0.157. The highest BCUT2D eigenvalue weighted by Gasteiger charge is 2.13. The lowest BCUT2D eigenvalue weighted by Gasteiger charge is -2.09. The molecule has 0 rings (SSSR count). The zero-order valence-electron chi connectivity index (χ0n) is 9.49. The van der Waals surface area contributed by atoms with Gasteiger partial charge in [0.1, 0.15) is 0 Å². The van der Waals surface area contributed by atoms with Crippen molar-refractivity contribution >= 4 is 9.84 Å². The van der Waals surface area contributed by atoms with Crippen LogP contribution in [0.15, 0.2) is 0 Å². The smallest absolute Gasteiger partial charge is 0.150 e. The van der Waals surface area contributed by atoms with Gasteiger partial charge in [-0.1, -0.05) is 20.8 Å². The molecule has 3 nitrogen and oxygen atoms in total. The van der Waals surface area contributed by atoms with E-state index in [4.69, 9.17) is 5.73 Å². The lowest BCUT2D eigenvalue weighted by molar-refractivity contribution is 0.560. The number of sulfone groups is 1. The quantitative estimate of drug-likeness (QED) is 0.710. The molecule has 0 spiro atoms. The Balaban J connectivity index is 3.77. The van der Waals surface area contributed by atoms with Gasteiger partial charge < -0.3 is 5.73 Å². The zero-order chi connectivity index (χ0) is 11.2. The van der Waals surface area contributed by atoms with Crippen LogP contribution in [0.4, 0.5) is 0 Å². The van der Waals surface area contributed by atoms with Gasteiger partial charge in [0, 0.05) is 6.04 Å². The summed E-state index contributed by atoms with van der Waals surface area (Å²) >= 11 is 0. The zero-order valence-corrected chi connectivity index (χ0v) is 10.3. The third kappa shape index (κ3) is 7.33. The van der Waals surface area contributed by atoms with Gasteiger partial charge in [0.25, 0.3) is 0 Å². The largest absolute Gasteiger partial charge is 0.328 e. The van der Waals surface area contributed by atoms with Crippen molar-refractivity contribution in [1.82, 2.24) is 0 Å². The highest BCUT2D eigenvalue weighted by atomic mass is 32.2. The Morgan fingerprint density at radius 1 is 1.29 bits per heavy atom. The predicted molar refractivity (Wildman–Crippen MR) is 61.0 cm³/mol. The van der Waals surface area contributed by atoms with Crippen molar-refractivity contribution in [1.29, 1.82) is 0 Å².